The number of fused-ring (bicyclic) bond motifs is 1. The van der Waals surface area contributed by atoms with Crippen LogP contribution in [0.15, 0.2) is 11.6 Å². The average Bonchev–Trinajstić information content (AvgIpc) is 2.94. The average molecular weight is 310 g/mol. The third kappa shape index (κ3) is 4.18. The molecule has 0 aliphatic carbocycles. The summed E-state index contributed by atoms with van der Waals surface area (Å²) < 4.78 is 7.52. The summed E-state index contributed by atoms with van der Waals surface area (Å²) in [5.74, 6) is 1.40. The van der Waals surface area contributed by atoms with Gasteiger partial charge in [0.15, 0.2) is 4.96 Å². The van der Waals surface area contributed by atoms with Gasteiger partial charge in [0.2, 0.25) is 5.88 Å². The van der Waals surface area contributed by atoms with Gasteiger partial charge in [0.05, 0.1) is 7.11 Å². The molecule has 2 heterocycles. The summed E-state index contributed by atoms with van der Waals surface area (Å²) in [7, 11) is 5.92. The first kappa shape index (κ1) is 16.3. The number of likely N-dealkylation sites (N-methyl/N-ethyl adjacent to an activating group) is 1. The number of thiazole rings is 1. The monoisotopic (exact) mass is 310 g/mol. The van der Waals surface area contributed by atoms with Crippen molar-refractivity contribution in [3.63, 3.8) is 0 Å². The van der Waals surface area contributed by atoms with E-state index >= 15 is 0 Å². The second-order valence-corrected chi connectivity index (χ2v) is 6.97. The molecule has 0 amide bonds. The van der Waals surface area contributed by atoms with Crippen molar-refractivity contribution in [1.29, 1.82) is 0 Å². The van der Waals surface area contributed by atoms with E-state index in [-0.39, 0.29) is 0 Å². The van der Waals surface area contributed by atoms with Crippen LogP contribution < -0.4 is 10.1 Å². The van der Waals surface area contributed by atoms with E-state index in [1.54, 1.807) is 18.4 Å². The number of rotatable bonds is 8. The van der Waals surface area contributed by atoms with Crippen LogP contribution in [0.2, 0.25) is 0 Å². The van der Waals surface area contributed by atoms with E-state index in [2.05, 4.69) is 59.1 Å². The fourth-order valence-corrected chi connectivity index (χ4v) is 3.33. The molecule has 2 rings (SSSR count). The lowest BCUT2D eigenvalue weighted by atomic mass is 10.0. The van der Waals surface area contributed by atoms with E-state index in [0.29, 0.717) is 12.0 Å². The predicted molar refractivity (Wildman–Crippen MR) is 88.3 cm³/mol. The maximum atomic E-state index is 5.41. The van der Waals surface area contributed by atoms with Gasteiger partial charge in [-0.05, 0) is 26.4 Å². The van der Waals surface area contributed by atoms with Crippen molar-refractivity contribution in [2.45, 2.75) is 32.9 Å². The molecule has 0 saturated heterocycles. The third-order valence-corrected chi connectivity index (χ3v) is 4.17. The number of methoxy groups -OCH3 is 1. The van der Waals surface area contributed by atoms with Crippen molar-refractivity contribution in [3.8, 4) is 5.88 Å². The van der Waals surface area contributed by atoms with Crippen molar-refractivity contribution < 1.29 is 4.74 Å². The molecule has 1 atom stereocenters. The highest BCUT2D eigenvalue weighted by Gasteiger charge is 2.17. The van der Waals surface area contributed by atoms with Gasteiger partial charge in [0.25, 0.3) is 0 Å². The topological polar surface area (TPSA) is 41.8 Å². The molecule has 0 fully saturated rings. The fourth-order valence-electron chi connectivity index (χ4n) is 2.61. The fraction of sp³-hybridized carbons (Fsp3) is 0.667. The second kappa shape index (κ2) is 7.24. The van der Waals surface area contributed by atoms with Crippen LogP contribution in [0.1, 0.15) is 26.0 Å². The first-order valence-electron chi connectivity index (χ1n) is 7.37. The van der Waals surface area contributed by atoms with Gasteiger partial charge in [-0.15, -0.1) is 11.3 Å². The van der Waals surface area contributed by atoms with Crippen LogP contribution in [0.4, 0.5) is 0 Å². The zero-order valence-corrected chi connectivity index (χ0v) is 14.4. The minimum Gasteiger partial charge on any atom is -0.480 e. The molecular weight excluding hydrogens is 284 g/mol. The molecule has 5 nitrogen and oxygen atoms in total. The molecule has 6 heteroatoms. The second-order valence-electron chi connectivity index (χ2n) is 6.09. The summed E-state index contributed by atoms with van der Waals surface area (Å²) in [6, 6.07) is 0.467. The minimum atomic E-state index is 0.467. The van der Waals surface area contributed by atoms with Crippen LogP contribution in [0.5, 0.6) is 5.88 Å². The van der Waals surface area contributed by atoms with Crippen LogP contribution in [0.3, 0.4) is 0 Å². The van der Waals surface area contributed by atoms with Gasteiger partial charge in [-0.3, -0.25) is 4.40 Å². The van der Waals surface area contributed by atoms with Gasteiger partial charge in [0, 0.05) is 30.7 Å². The van der Waals surface area contributed by atoms with E-state index in [4.69, 9.17) is 4.74 Å². The number of aromatic nitrogens is 2. The molecule has 21 heavy (non-hydrogen) atoms. The van der Waals surface area contributed by atoms with Crippen molar-refractivity contribution in [1.82, 2.24) is 19.6 Å². The number of hydrogen-bond acceptors (Lipinski definition) is 5. The quantitative estimate of drug-likeness (QED) is 0.813. The summed E-state index contributed by atoms with van der Waals surface area (Å²) in [4.78, 5) is 7.71. The molecule has 0 saturated carbocycles. The molecular formula is C15H26N4OS. The van der Waals surface area contributed by atoms with Crippen LogP contribution in [0.25, 0.3) is 4.96 Å². The Balaban J connectivity index is 2.08. The van der Waals surface area contributed by atoms with Crippen molar-refractivity contribution in [2.24, 2.45) is 5.92 Å². The maximum absolute atomic E-state index is 5.41. The van der Waals surface area contributed by atoms with Gasteiger partial charge >= 0.3 is 0 Å². The molecule has 1 N–H and O–H groups in total. The normalized spacial score (nSPS) is 13.5. The van der Waals surface area contributed by atoms with Crippen LogP contribution in [0, 0.1) is 5.92 Å². The number of hydrogen-bond donors (Lipinski definition) is 1. The Morgan fingerprint density at radius 2 is 2.19 bits per heavy atom. The maximum Gasteiger partial charge on any atom is 0.237 e. The summed E-state index contributed by atoms with van der Waals surface area (Å²) in [6.07, 6.45) is 3.21. The molecule has 0 bridgehead atoms. The van der Waals surface area contributed by atoms with Crippen molar-refractivity contribution in [2.75, 3.05) is 27.7 Å². The highest BCUT2D eigenvalue weighted by Crippen LogP contribution is 2.23. The highest BCUT2D eigenvalue weighted by atomic mass is 32.1. The molecule has 0 radical (unpaired) electrons. The van der Waals surface area contributed by atoms with Crippen LogP contribution >= 0.6 is 11.3 Å². The molecule has 118 valence electrons. The van der Waals surface area contributed by atoms with Gasteiger partial charge in [-0.25, -0.2) is 0 Å². The Kier molecular flexibility index (Phi) is 5.61. The predicted octanol–water partition coefficient (Wildman–Crippen LogP) is 2.47. The van der Waals surface area contributed by atoms with Crippen LogP contribution in [-0.2, 0) is 6.54 Å². The van der Waals surface area contributed by atoms with Gasteiger partial charge < -0.3 is 15.0 Å². The number of ether oxygens (including phenoxy) is 1. The van der Waals surface area contributed by atoms with E-state index in [0.717, 1.165) is 36.0 Å². The van der Waals surface area contributed by atoms with Crippen molar-refractivity contribution in [3.05, 3.63) is 17.3 Å². The Labute approximate surface area is 130 Å². The number of nitrogens with one attached hydrogen (secondary N) is 1. The summed E-state index contributed by atoms with van der Waals surface area (Å²) in [5.41, 5.74) is 1.10. The third-order valence-electron chi connectivity index (χ3n) is 3.42. The van der Waals surface area contributed by atoms with E-state index in [9.17, 15) is 0 Å². The number of nitrogens with zero attached hydrogens (tertiary/aromatic N) is 3. The van der Waals surface area contributed by atoms with Crippen molar-refractivity contribution >= 4 is 16.3 Å². The lowest BCUT2D eigenvalue weighted by Gasteiger charge is -2.24. The van der Waals surface area contributed by atoms with Gasteiger partial charge in [-0.2, -0.15) is 4.98 Å². The Morgan fingerprint density at radius 3 is 2.81 bits per heavy atom. The molecule has 0 aliphatic heterocycles. The van der Waals surface area contributed by atoms with E-state index < -0.39 is 0 Å². The Morgan fingerprint density at radius 1 is 1.43 bits per heavy atom. The molecule has 0 aliphatic rings. The lowest BCUT2D eigenvalue weighted by Crippen LogP contribution is -2.39. The molecule has 0 aromatic carbocycles. The van der Waals surface area contributed by atoms with E-state index in [1.165, 1.54) is 0 Å². The molecule has 2 aromatic rings. The first-order valence-corrected chi connectivity index (χ1v) is 8.25. The van der Waals surface area contributed by atoms with Gasteiger partial charge in [0.1, 0.15) is 5.69 Å². The smallest absolute Gasteiger partial charge is 0.237 e. The van der Waals surface area contributed by atoms with E-state index in [1.807, 2.05) is 0 Å². The molecule has 1 unspecified atom stereocenters. The largest absolute Gasteiger partial charge is 0.480 e. The SMILES string of the molecule is COc1nc2sccn2c1CNC(CC(C)C)CN(C)C. The molecule has 2 aromatic heterocycles. The minimum absolute atomic E-state index is 0.467. The van der Waals surface area contributed by atoms with Gasteiger partial charge in [-0.1, -0.05) is 13.8 Å². The Hall–Kier alpha value is -1.11. The number of imidazole rings is 1. The zero-order chi connectivity index (χ0) is 15.4. The zero-order valence-electron chi connectivity index (χ0n) is 13.6. The standard InChI is InChI=1S/C15H26N4OS/c1-11(2)8-12(10-18(3)4)16-9-13-14(20-5)17-15-19(13)6-7-21-15/h6-7,11-12,16H,8-10H2,1-5H3. The molecule has 0 spiro atoms. The first-order chi connectivity index (χ1) is 10.0. The Bertz CT molecular complexity index is 551. The highest BCUT2D eigenvalue weighted by molar-refractivity contribution is 7.15. The summed E-state index contributed by atoms with van der Waals surface area (Å²) in [5, 5.41) is 5.72. The summed E-state index contributed by atoms with van der Waals surface area (Å²) in [6.45, 7) is 6.33. The summed E-state index contributed by atoms with van der Waals surface area (Å²) >= 11 is 1.63. The van der Waals surface area contributed by atoms with Crippen LogP contribution in [-0.4, -0.2) is 48.1 Å². The lowest BCUT2D eigenvalue weighted by molar-refractivity contribution is 0.302.